The Hall–Kier alpha value is -1.47. The van der Waals surface area contributed by atoms with E-state index in [1.807, 2.05) is 13.8 Å². The minimum Gasteiger partial charge on any atom is -0.381 e. The van der Waals surface area contributed by atoms with Crippen LogP contribution in [0.1, 0.15) is 76.6 Å². The van der Waals surface area contributed by atoms with Crippen LogP contribution < -0.4 is 5.32 Å². The zero-order valence-electron chi connectivity index (χ0n) is 15.4. The first-order chi connectivity index (χ1) is 12.1. The third-order valence-corrected chi connectivity index (χ3v) is 5.13. The molecule has 7 nitrogen and oxygen atoms in total. The summed E-state index contributed by atoms with van der Waals surface area (Å²) in [7, 11) is 0. The fraction of sp³-hybridized carbons (Fsp3) is 0.833. The van der Waals surface area contributed by atoms with E-state index in [0.717, 1.165) is 32.1 Å². The number of rotatable bonds is 6. The number of amides is 1. The molecule has 140 valence electrons. The first-order valence-corrected chi connectivity index (χ1v) is 9.45. The molecule has 2 saturated heterocycles. The number of nitrogens with zero attached hydrogens (tertiary/aromatic N) is 2. The van der Waals surface area contributed by atoms with Gasteiger partial charge >= 0.3 is 0 Å². The van der Waals surface area contributed by atoms with Crippen molar-refractivity contribution in [3.05, 3.63) is 11.7 Å². The predicted octanol–water partition coefficient (Wildman–Crippen LogP) is 2.73. The fourth-order valence-electron chi connectivity index (χ4n) is 3.48. The summed E-state index contributed by atoms with van der Waals surface area (Å²) >= 11 is 0. The van der Waals surface area contributed by atoms with Gasteiger partial charge in [-0.05, 0) is 38.0 Å². The Balaban J connectivity index is 1.72. The Kier molecular flexibility index (Phi) is 6.06. The quantitative estimate of drug-likeness (QED) is 0.848. The zero-order chi connectivity index (χ0) is 17.8. The van der Waals surface area contributed by atoms with Crippen LogP contribution in [-0.4, -0.2) is 41.5 Å². The molecule has 0 aromatic carbocycles. The summed E-state index contributed by atoms with van der Waals surface area (Å²) in [4.78, 5) is 17.2. The lowest BCUT2D eigenvalue weighted by atomic mass is 9.91. The standard InChI is InChI=1S/C18H29N3O4/c1-4-13-5-6-14(24-13)17(22)19-15(12-7-9-23-10-8-12)18-20-16(11(2)3)21-25-18/h11-15H,4-10H2,1-3H3,(H,19,22)/t13-,14+,15+/m1/s1. The molecule has 0 unspecified atom stereocenters. The lowest BCUT2D eigenvalue weighted by molar-refractivity contribution is -0.133. The molecule has 2 aliphatic rings. The second-order valence-electron chi connectivity index (χ2n) is 7.31. The van der Waals surface area contributed by atoms with Crippen LogP contribution in [0.4, 0.5) is 0 Å². The molecule has 0 spiro atoms. The van der Waals surface area contributed by atoms with E-state index in [1.165, 1.54) is 0 Å². The van der Waals surface area contributed by atoms with Crippen molar-refractivity contribution in [3.8, 4) is 0 Å². The van der Waals surface area contributed by atoms with Gasteiger partial charge in [0.05, 0.1) is 6.10 Å². The Morgan fingerprint density at radius 1 is 1.24 bits per heavy atom. The molecule has 7 heteroatoms. The maximum atomic E-state index is 12.7. The molecule has 1 aromatic heterocycles. The van der Waals surface area contributed by atoms with Crippen LogP contribution in [0, 0.1) is 5.92 Å². The van der Waals surface area contributed by atoms with Gasteiger partial charge in [0.15, 0.2) is 5.82 Å². The molecule has 1 N–H and O–H groups in total. The molecule has 2 aliphatic heterocycles. The molecular formula is C18H29N3O4. The minimum atomic E-state index is -0.375. The smallest absolute Gasteiger partial charge is 0.249 e. The monoisotopic (exact) mass is 351 g/mol. The van der Waals surface area contributed by atoms with E-state index >= 15 is 0 Å². The minimum absolute atomic E-state index is 0.0725. The first-order valence-electron chi connectivity index (χ1n) is 9.45. The van der Waals surface area contributed by atoms with Crippen LogP contribution in [0.15, 0.2) is 4.52 Å². The lowest BCUT2D eigenvalue weighted by Crippen LogP contribution is -2.41. The van der Waals surface area contributed by atoms with Gasteiger partial charge in [0, 0.05) is 19.1 Å². The van der Waals surface area contributed by atoms with Crippen LogP contribution in [0.2, 0.25) is 0 Å². The summed E-state index contributed by atoms with van der Waals surface area (Å²) in [6, 6.07) is -0.277. The molecule has 3 rings (SSSR count). The number of carbonyl (C=O) groups excluding carboxylic acids is 1. The summed E-state index contributed by atoms with van der Waals surface area (Å²) in [5, 5.41) is 7.19. The van der Waals surface area contributed by atoms with Crippen LogP contribution in [0.3, 0.4) is 0 Å². The van der Waals surface area contributed by atoms with E-state index in [1.54, 1.807) is 0 Å². The highest BCUT2D eigenvalue weighted by molar-refractivity contribution is 5.81. The van der Waals surface area contributed by atoms with Gasteiger partial charge in [-0.1, -0.05) is 25.9 Å². The van der Waals surface area contributed by atoms with Crippen molar-refractivity contribution in [1.29, 1.82) is 0 Å². The highest BCUT2D eigenvalue weighted by Gasteiger charge is 2.36. The van der Waals surface area contributed by atoms with Crippen molar-refractivity contribution < 1.29 is 18.8 Å². The van der Waals surface area contributed by atoms with E-state index in [4.69, 9.17) is 14.0 Å². The molecule has 0 bridgehead atoms. The van der Waals surface area contributed by atoms with E-state index in [9.17, 15) is 4.79 Å². The van der Waals surface area contributed by atoms with Crippen molar-refractivity contribution in [3.63, 3.8) is 0 Å². The molecule has 0 radical (unpaired) electrons. The number of ether oxygens (including phenoxy) is 2. The summed E-state index contributed by atoms with van der Waals surface area (Å²) in [6.07, 6.45) is 4.20. The van der Waals surface area contributed by atoms with Gasteiger partial charge in [-0.15, -0.1) is 0 Å². The van der Waals surface area contributed by atoms with Gasteiger partial charge in [0.1, 0.15) is 12.1 Å². The number of hydrogen-bond donors (Lipinski definition) is 1. The van der Waals surface area contributed by atoms with E-state index in [2.05, 4.69) is 22.4 Å². The molecule has 3 heterocycles. The summed E-state index contributed by atoms with van der Waals surface area (Å²) in [5.41, 5.74) is 0. The Bertz CT molecular complexity index is 568. The Morgan fingerprint density at radius 2 is 2.00 bits per heavy atom. The molecule has 0 saturated carbocycles. The summed E-state index contributed by atoms with van der Waals surface area (Å²) < 4.78 is 16.8. The molecule has 1 aromatic rings. The average Bonchev–Trinajstić information content (AvgIpc) is 3.29. The number of carbonyl (C=O) groups is 1. The predicted molar refractivity (Wildman–Crippen MR) is 91.0 cm³/mol. The molecule has 3 atom stereocenters. The summed E-state index contributed by atoms with van der Waals surface area (Å²) in [6.45, 7) is 7.52. The van der Waals surface area contributed by atoms with Crippen molar-refractivity contribution in [2.75, 3.05) is 13.2 Å². The van der Waals surface area contributed by atoms with Gasteiger partial charge in [0.2, 0.25) is 11.8 Å². The van der Waals surface area contributed by atoms with Gasteiger partial charge in [-0.3, -0.25) is 4.79 Å². The topological polar surface area (TPSA) is 86.5 Å². The van der Waals surface area contributed by atoms with Gasteiger partial charge in [-0.2, -0.15) is 4.98 Å². The molecular weight excluding hydrogens is 322 g/mol. The molecule has 2 fully saturated rings. The van der Waals surface area contributed by atoms with Crippen LogP contribution in [0.25, 0.3) is 0 Å². The van der Waals surface area contributed by atoms with Crippen LogP contribution >= 0.6 is 0 Å². The zero-order valence-corrected chi connectivity index (χ0v) is 15.4. The average molecular weight is 351 g/mol. The lowest BCUT2D eigenvalue weighted by Gasteiger charge is -2.29. The second kappa shape index (κ2) is 8.27. The summed E-state index contributed by atoms with van der Waals surface area (Å²) in [5.74, 6) is 1.52. The molecule has 1 amide bonds. The van der Waals surface area contributed by atoms with Crippen molar-refractivity contribution in [1.82, 2.24) is 15.5 Å². The molecule has 25 heavy (non-hydrogen) atoms. The highest BCUT2D eigenvalue weighted by Crippen LogP contribution is 2.31. The maximum absolute atomic E-state index is 12.7. The van der Waals surface area contributed by atoms with Gasteiger partial charge in [0.25, 0.3) is 0 Å². The van der Waals surface area contributed by atoms with Crippen molar-refractivity contribution in [2.45, 2.75) is 77.0 Å². The van der Waals surface area contributed by atoms with E-state index < -0.39 is 0 Å². The first kappa shape index (κ1) is 18.3. The maximum Gasteiger partial charge on any atom is 0.249 e. The molecule has 0 aliphatic carbocycles. The normalized spacial score (nSPS) is 26.1. The fourth-order valence-corrected chi connectivity index (χ4v) is 3.48. The number of hydrogen-bond acceptors (Lipinski definition) is 6. The number of nitrogens with one attached hydrogen (secondary N) is 1. The largest absolute Gasteiger partial charge is 0.381 e. The number of aromatic nitrogens is 2. The third kappa shape index (κ3) is 4.39. The Labute approximate surface area is 148 Å². The van der Waals surface area contributed by atoms with E-state index in [-0.39, 0.29) is 36.0 Å². The van der Waals surface area contributed by atoms with Crippen molar-refractivity contribution in [2.24, 2.45) is 5.92 Å². The van der Waals surface area contributed by atoms with Gasteiger partial charge in [-0.25, -0.2) is 0 Å². The van der Waals surface area contributed by atoms with E-state index in [0.29, 0.717) is 24.9 Å². The van der Waals surface area contributed by atoms with Crippen LogP contribution in [0.5, 0.6) is 0 Å². The van der Waals surface area contributed by atoms with Crippen molar-refractivity contribution >= 4 is 5.91 Å². The third-order valence-electron chi connectivity index (χ3n) is 5.13. The highest BCUT2D eigenvalue weighted by atomic mass is 16.5. The SMILES string of the molecule is CC[C@@H]1CC[C@@H](C(=O)N[C@H](c2nc(C(C)C)no2)C2CCOCC2)O1. The van der Waals surface area contributed by atoms with Gasteiger partial charge < -0.3 is 19.3 Å². The second-order valence-corrected chi connectivity index (χ2v) is 7.31. The Morgan fingerprint density at radius 3 is 2.60 bits per heavy atom. The van der Waals surface area contributed by atoms with Crippen LogP contribution in [-0.2, 0) is 14.3 Å².